The van der Waals surface area contributed by atoms with Gasteiger partial charge in [-0.1, -0.05) is 12.1 Å². The zero-order valence-electron chi connectivity index (χ0n) is 14.7. The van der Waals surface area contributed by atoms with Crippen molar-refractivity contribution in [3.63, 3.8) is 0 Å². The van der Waals surface area contributed by atoms with Gasteiger partial charge in [0, 0.05) is 22.2 Å². The standard InChI is InChI=1S/C18H20IN3O4/c1-21(2)17(12-5-4-6-14(9-12)26-3)11-20-18(23)15-8-7-13(22(24)25)10-16(15)19/h4-10,17H,11H2,1-3H3,(H,20,23). The van der Waals surface area contributed by atoms with E-state index in [1.54, 1.807) is 7.11 Å². The van der Waals surface area contributed by atoms with Crippen LogP contribution in [0.3, 0.4) is 0 Å². The van der Waals surface area contributed by atoms with Crippen LogP contribution in [0.2, 0.25) is 0 Å². The number of nitrogens with one attached hydrogen (secondary N) is 1. The number of carbonyl (C=O) groups is 1. The Morgan fingerprint density at radius 1 is 1.31 bits per heavy atom. The van der Waals surface area contributed by atoms with E-state index in [2.05, 4.69) is 5.32 Å². The fraction of sp³-hybridized carbons (Fsp3) is 0.278. The van der Waals surface area contributed by atoms with Crippen molar-refractivity contribution >= 4 is 34.2 Å². The van der Waals surface area contributed by atoms with Crippen molar-refractivity contribution in [1.82, 2.24) is 10.2 Å². The molecule has 1 unspecified atom stereocenters. The van der Waals surface area contributed by atoms with E-state index in [-0.39, 0.29) is 17.6 Å². The van der Waals surface area contributed by atoms with Gasteiger partial charge in [0.05, 0.1) is 23.6 Å². The summed E-state index contributed by atoms with van der Waals surface area (Å²) in [4.78, 5) is 24.9. The molecule has 0 radical (unpaired) electrons. The summed E-state index contributed by atoms with van der Waals surface area (Å²) in [5.41, 5.74) is 1.40. The molecule has 0 fully saturated rings. The van der Waals surface area contributed by atoms with Crippen LogP contribution in [0, 0.1) is 13.7 Å². The van der Waals surface area contributed by atoms with Gasteiger partial charge < -0.3 is 15.0 Å². The Morgan fingerprint density at radius 2 is 2.04 bits per heavy atom. The Labute approximate surface area is 165 Å². The lowest BCUT2D eigenvalue weighted by molar-refractivity contribution is -0.384. The van der Waals surface area contributed by atoms with Gasteiger partial charge in [-0.15, -0.1) is 0 Å². The first-order chi connectivity index (χ1) is 12.3. The maximum absolute atomic E-state index is 12.5. The van der Waals surface area contributed by atoms with Crippen molar-refractivity contribution in [3.8, 4) is 5.75 Å². The highest BCUT2D eigenvalue weighted by molar-refractivity contribution is 14.1. The molecule has 0 aromatic heterocycles. The molecule has 0 bridgehead atoms. The molecule has 1 amide bonds. The van der Waals surface area contributed by atoms with Crippen LogP contribution in [0.4, 0.5) is 5.69 Å². The number of methoxy groups -OCH3 is 1. The van der Waals surface area contributed by atoms with Crippen LogP contribution in [0.5, 0.6) is 5.75 Å². The Kier molecular flexibility index (Phi) is 6.92. The lowest BCUT2D eigenvalue weighted by Gasteiger charge is -2.25. The summed E-state index contributed by atoms with van der Waals surface area (Å²) in [7, 11) is 5.49. The summed E-state index contributed by atoms with van der Waals surface area (Å²) in [6, 6.07) is 11.9. The Bertz CT molecular complexity index is 811. The third-order valence-electron chi connectivity index (χ3n) is 3.97. The first-order valence-corrected chi connectivity index (χ1v) is 8.94. The molecule has 26 heavy (non-hydrogen) atoms. The number of nitro groups is 1. The second-order valence-corrected chi connectivity index (χ2v) is 7.05. The summed E-state index contributed by atoms with van der Waals surface area (Å²) in [6.07, 6.45) is 0. The average Bonchev–Trinajstić information content (AvgIpc) is 2.61. The van der Waals surface area contributed by atoms with E-state index < -0.39 is 4.92 Å². The van der Waals surface area contributed by atoms with Crippen molar-refractivity contribution in [1.29, 1.82) is 0 Å². The molecule has 2 aromatic rings. The van der Waals surface area contributed by atoms with Crippen LogP contribution >= 0.6 is 22.6 Å². The molecular formula is C18H20IN3O4. The fourth-order valence-electron chi connectivity index (χ4n) is 2.53. The molecule has 0 spiro atoms. The van der Waals surface area contributed by atoms with Gasteiger partial charge in [0.2, 0.25) is 0 Å². The Morgan fingerprint density at radius 3 is 2.62 bits per heavy atom. The summed E-state index contributed by atoms with van der Waals surface area (Å²) in [5, 5.41) is 13.7. The topological polar surface area (TPSA) is 84.7 Å². The molecule has 2 rings (SSSR count). The van der Waals surface area contributed by atoms with Gasteiger partial charge in [0.1, 0.15) is 5.75 Å². The lowest BCUT2D eigenvalue weighted by Crippen LogP contribution is -2.34. The number of ether oxygens (including phenoxy) is 1. The normalized spacial score (nSPS) is 11.9. The minimum absolute atomic E-state index is 0.0338. The molecule has 0 saturated heterocycles. The molecule has 0 heterocycles. The van der Waals surface area contributed by atoms with Crippen molar-refractivity contribution in [2.24, 2.45) is 0 Å². The minimum Gasteiger partial charge on any atom is -0.497 e. The summed E-state index contributed by atoms with van der Waals surface area (Å²) >= 11 is 1.93. The molecule has 0 aliphatic heterocycles. The van der Waals surface area contributed by atoms with Gasteiger partial charge >= 0.3 is 0 Å². The highest BCUT2D eigenvalue weighted by atomic mass is 127. The summed E-state index contributed by atoms with van der Waals surface area (Å²) < 4.78 is 5.80. The molecule has 138 valence electrons. The summed E-state index contributed by atoms with van der Waals surface area (Å²) in [6.45, 7) is 0.395. The van der Waals surface area contributed by atoms with E-state index >= 15 is 0 Å². The SMILES string of the molecule is COc1cccc(C(CNC(=O)c2ccc([N+](=O)[O-])cc2I)N(C)C)c1. The number of non-ortho nitro benzene ring substituents is 1. The van der Waals surface area contributed by atoms with E-state index in [1.165, 1.54) is 18.2 Å². The second-order valence-electron chi connectivity index (χ2n) is 5.89. The van der Waals surface area contributed by atoms with Crippen LogP contribution < -0.4 is 10.1 Å². The highest BCUT2D eigenvalue weighted by Crippen LogP contribution is 2.23. The van der Waals surface area contributed by atoms with Crippen LogP contribution in [-0.2, 0) is 0 Å². The van der Waals surface area contributed by atoms with Crippen molar-refractivity contribution in [3.05, 3.63) is 67.3 Å². The van der Waals surface area contributed by atoms with Crippen LogP contribution in [0.1, 0.15) is 22.0 Å². The molecular weight excluding hydrogens is 449 g/mol. The van der Waals surface area contributed by atoms with Crippen LogP contribution in [0.15, 0.2) is 42.5 Å². The molecule has 1 atom stereocenters. The van der Waals surface area contributed by atoms with Gasteiger partial charge in [-0.2, -0.15) is 0 Å². The third-order valence-corrected chi connectivity index (χ3v) is 4.86. The molecule has 0 aliphatic carbocycles. The van der Waals surface area contributed by atoms with Gasteiger partial charge in [0.25, 0.3) is 11.6 Å². The van der Waals surface area contributed by atoms with E-state index in [4.69, 9.17) is 4.74 Å². The Hall–Kier alpha value is -2.20. The number of benzene rings is 2. The molecule has 0 aliphatic rings. The largest absolute Gasteiger partial charge is 0.497 e. The number of hydrogen-bond acceptors (Lipinski definition) is 5. The van der Waals surface area contributed by atoms with Crippen molar-refractivity contribution in [2.45, 2.75) is 6.04 Å². The number of halogens is 1. The monoisotopic (exact) mass is 469 g/mol. The zero-order chi connectivity index (χ0) is 19.3. The van der Waals surface area contributed by atoms with E-state index in [0.29, 0.717) is 15.7 Å². The molecule has 2 aromatic carbocycles. The van der Waals surface area contributed by atoms with Crippen molar-refractivity contribution in [2.75, 3.05) is 27.7 Å². The van der Waals surface area contributed by atoms with Gasteiger partial charge in [0.15, 0.2) is 0 Å². The van der Waals surface area contributed by atoms with Gasteiger partial charge in [-0.3, -0.25) is 14.9 Å². The van der Waals surface area contributed by atoms with E-state index in [9.17, 15) is 14.9 Å². The molecule has 0 saturated carbocycles. The van der Waals surface area contributed by atoms with Crippen LogP contribution in [-0.4, -0.2) is 43.5 Å². The maximum Gasteiger partial charge on any atom is 0.270 e. The predicted molar refractivity (Wildman–Crippen MR) is 108 cm³/mol. The fourth-order valence-corrected chi connectivity index (χ4v) is 3.28. The first kappa shape index (κ1) is 20.1. The van der Waals surface area contributed by atoms with Gasteiger partial charge in [-0.05, 0) is 60.4 Å². The number of hydrogen-bond donors (Lipinski definition) is 1. The number of likely N-dealkylation sites (N-methyl/N-ethyl adjacent to an activating group) is 1. The number of amides is 1. The number of nitro benzene ring substituents is 1. The average molecular weight is 469 g/mol. The van der Waals surface area contributed by atoms with E-state index in [0.717, 1.165) is 11.3 Å². The number of carbonyl (C=O) groups excluding carboxylic acids is 1. The predicted octanol–water partition coefficient (Wildman–Crippen LogP) is 3.24. The summed E-state index contributed by atoms with van der Waals surface area (Å²) in [5.74, 6) is 0.490. The molecule has 1 N–H and O–H groups in total. The van der Waals surface area contributed by atoms with Crippen LogP contribution in [0.25, 0.3) is 0 Å². The maximum atomic E-state index is 12.5. The number of nitrogens with zero attached hydrogens (tertiary/aromatic N) is 2. The smallest absolute Gasteiger partial charge is 0.270 e. The zero-order valence-corrected chi connectivity index (χ0v) is 16.9. The number of rotatable bonds is 7. The first-order valence-electron chi connectivity index (χ1n) is 7.86. The van der Waals surface area contributed by atoms with E-state index in [1.807, 2.05) is 65.9 Å². The lowest BCUT2D eigenvalue weighted by atomic mass is 10.1. The highest BCUT2D eigenvalue weighted by Gasteiger charge is 2.19. The second kappa shape index (κ2) is 8.95. The van der Waals surface area contributed by atoms with Gasteiger partial charge in [-0.25, -0.2) is 0 Å². The molecule has 8 heteroatoms. The van der Waals surface area contributed by atoms with Crippen molar-refractivity contribution < 1.29 is 14.5 Å². The Balaban J connectivity index is 2.13. The third kappa shape index (κ3) is 4.92. The molecule has 7 nitrogen and oxygen atoms in total. The quantitative estimate of drug-likeness (QED) is 0.383. The minimum atomic E-state index is -0.477.